The highest BCUT2D eigenvalue weighted by Crippen LogP contribution is 2.26. The minimum Gasteiger partial charge on any atom is -0.357 e. The van der Waals surface area contributed by atoms with E-state index in [0.717, 1.165) is 32.0 Å². The number of nitrogens with one attached hydrogen (secondary N) is 1. The molecule has 0 spiro atoms. The maximum absolute atomic E-state index is 5.13. The lowest BCUT2D eigenvalue weighted by atomic mass is 9.99. The molecule has 1 unspecified atom stereocenters. The van der Waals surface area contributed by atoms with Gasteiger partial charge < -0.3 is 14.7 Å². The second-order valence-electron chi connectivity index (χ2n) is 5.75. The molecule has 2 heterocycles. The van der Waals surface area contributed by atoms with Crippen LogP contribution >= 0.6 is 24.0 Å². The first-order valence-corrected chi connectivity index (χ1v) is 8.13. The molecule has 6 nitrogen and oxygen atoms in total. The van der Waals surface area contributed by atoms with E-state index in [2.05, 4.69) is 62.6 Å². The average Bonchev–Trinajstić information content (AvgIpc) is 3.21. The van der Waals surface area contributed by atoms with E-state index in [-0.39, 0.29) is 24.0 Å². The lowest BCUT2D eigenvalue weighted by Crippen LogP contribution is -2.40. The Balaban J connectivity index is 0.00000208. The summed E-state index contributed by atoms with van der Waals surface area (Å²) < 4.78 is 5.13. The fourth-order valence-corrected chi connectivity index (χ4v) is 2.92. The number of aliphatic imine (C=N–C) groups is 1. The molecular formula is C17H24IN5O. The number of hydrogen-bond donors (Lipinski definition) is 1. The van der Waals surface area contributed by atoms with Crippen molar-refractivity contribution >= 4 is 29.9 Å². The number of halogens is 1. The predicted molar refractivity (Wildman–Crippen MR) is 105 cm³/mol. The third-order valence-corrected chi connectivity index (χ3v) is 4.03. The van der Waals surface area contributed by atoms with E-state index < -0.39 is 0 Å². The summed E-state index contributed by atoms with van der Waals surface area (Å²) in [6, 6.07) is 10.7. The van der Waals surface area contributed by atoms with Crippen molar-refractivity contribution in [3.05, 3.63) is 47.6 Å². The van der Waals surface area contributed by atoms with Crippen LogP contribution in [-0.4, -0.2) is 40.6 Å². The van der Waals surface area contributed by atoms with Gasteiger partial charge in [0.1, 0.15) is 6.54 Å². The van der Waals surface area contributed by atoms with Crippen molar-refractivity contribution in [2.75, 3.05) is 19.6 Å². The first-order valence-electron chi connectivity index (χ1n) is 8.13. The van der Waals surface area contributed by atoms with E-state index in [1.165, 1.54) is 5.56 Å². The van der Waals surface area contributed by atoms with Gasteiger partial charge in [0.05, 0.1) is 0 Å². The zero-order chi connectivity index (χ0) is 16.1. The summed E-state index contributed by atoms with van der Waals surface area (Å²) in [6.07, 6.45) is 1.15. The van der Waals surface area contributed by atoms with Gasteiger partial charge >= 0.3 is 0 Å². The minimum absolute atomic E-state index is 0. The van der Waals surface area contributed by atoms with E-state index in [1.807, 2.05) is 6.92 Å². The van der Waals surface area contributed by atoms with Crippen LogP contribution in [0.5, 0.6) is 0 Å². The molecule has 0 radical (unpaired) electrons. The monoisotopic (exact) mass is 441 g/mol. The van der Waals surface area contributed by atoms with Crippen molar-refractivity contribution in [3.63, 3.8) is 0 Å². The maximum atomic E-state index is 5.13. The number of likely N-dealkylation sites (tertiary alicyclic amines) is 1. The first kappa shape index (κ1) is 18.7. The van der Waals surface area contributed by atoms with Gasteiger partial charge in [-0.2, -0.15) is 4.98 Å². The van der Waals surface area contributed by atoms with Crippen LogP contribution in [0.4, 0.5) is 0 Å². The number of hydrogen-bond acceptors (Lipinski definition) is 4. The fourth-order valence-electron chi connectivity index (χ4n) is 2.92. The highest BCUT2D eigenvalue weighted by molar-refractivity contribution is 14.0. The lowest BCUT2D eigenvalue weighted by Gasteiger charge is -2.21. The highest BCUT2D eigenvalue weighted by Gasteiger charge is 2.25. The molecule has 130 valence electrons. The molecular weight excluding hydrogens is 417 g/mol. The minimum atomic E-state index is 0. The molecule has 1 aliphatic rings. The fraction of sp³-hybridized carbons (Fsp3) is 0.471. The van der Waals surface area contributed by atoms with Gasteiger partial charge in [0, 0.05) is 25.6 Å². The molecule has 1 N–H and O–H groups in total. The molecule has 3 rings (SSSR count). The van der Waals surface area contributed by atoms with Crippen molar-refractivity contribution in [1.82, 2.24) is 20.4 Å². The van der Waals surface area contributed by atoms with Crippen LogP contribution in [-0.2, 0) is 6.54 Å². The quantitative estimate of drug-likeness (QED) is 0.449. The number of guanidine groups is 1. The third-order valence-electron chi connectivity index (χ3n) is 4.03. The van der Waals surface area contributed by atoms with E-state index in [4.69, 9.17) is 4.52 Å². The van der Waals surface area contributed by atoms with Crippen LogP contribution in [0.1, 0.15) is 36.5 Å². The summed E-state index contributed by atoms with van der Waals surface area (Å²) in [5.41, 5.74) is 1.40. The Morgan fingerprint density at radius 3 is 2.83 bits per heavy atom. The van der Waals surface area contributed by atoms with E-state index >= 15 is 0 Å². The SMILES string of the molecule is CCNC(=NCc1nc(C)no1)N1CCC(c2ccccc2)C1.I. The van der Waals surface area contributed by atoms with E-state index in [9.17, 15) is 0 Å². The van der Waals surface area contributed by atoms with Gasteiger partial charge in [-0.25, -0.2) is 4.99 Å². The van der Waals surface area contributed by atoms with Crippen LogP contribution in [0.3, 0.4) is 0 Å². The van der Waals surface area contributed by atoms with Crippen LogP contribution in [0, 0.1) is 6.92 Å². The van der Waals surface area contributed by atoms with E-state index in [0.29, 0.717) is 24.2 Å². The second kappa shape index (κ2) is 9.00. The molecule has 0 bridgehead atoms. The molecule has 0 aliphatic carbocycles. The summed E-state index contributed by atoms with van der Waals surface area (Å²) in [5, 5.41) is 7.16. The molecule has 1 fully saturated rings. The molecule has 1 saturated heterocycles. The van der Waals surface area contributed by atoms with Crippen molar-refractivity contribution in [2.45, 2.75) is 32.7 Å². The molecule has 7 heteroatoms. The number of nitrogens with zero attached hydrogens (tertiary/aromatic N) is 4. The third kappa shape index (κ3) is 4.68. The first-order chi connectivity index (χ1) is 11.3. The van der Waals surface area contributed by atoms with Gasteiger partial charge in [-0.15, -0.1) is 24.0 Å². The normalized spacial score (nSPS) is 17.7. The molecule has 24 heavy (non-hydrogen) atoms. The summed E-state index contributed by atoms with van der Waals surface area (Å²) >= 11 is 0. The smallest absolute Gasteiger partial charge is 0.248 e. The lowest BCUT2D eigenvalue weighted by molar-refractivity contribution is 0.375. The largest absolute Gasteiger partial charge is 0.357 e. The summed E-state index contributed by atoms with van der Waals surface area (Å²) in [4.78, 5) is 11.2. The molecule has 2 aromatic rings. The predicted octanol–water partition coefficient (Wildman–Crippen LogP) is 2.95. The average molecular weight is 441 g/mol. The Hall–Kier alpha value is -1.64. The van der Waals surface area contributed by atoms with Crippen molar-refractivity contribution < 1.29 is 4.52 Å². The van der Waals surface area contributed by atoms with Gasteiger partial charge in [0.25, 0.3) is 0 Å². The molecule has 1 atom stereocenters. The van der Waals surface area contributed by atoms with Gasteiger partial charge in [-0.1, -0.05) is 35.5 Å². The number of aryl methyl sites for hydroxylation is 1. The Morgan fingerprint density at radius 2 is 2.17 bits per heavy atom. The van der Waals surface area contributed by atoms with Gasteiger partial charge in [0.15, 0.2) is 11.8 Å². The van der Waals surface area contributed by atoms with Crippen LogP contribution < -0.4 is 5.32 Å². The Labute approximate surface area is 159 Å². The maximum Gasteiger partial charge on any atom is 0.248 e. The van der Waals surface area contributed by atoms with E-state index in [1.54, 1.807) is 0 Å². The Morgan fingerprint density at radius 1 is 1.38 bits per heavy atom. The Kier molecular flexibility index (Phi) is 7.01. The standard InChI is InChI=1S/C17H23N5O.HI/c1-3-18-17(19-11-16-20-13(2)21-23-16)22-10-9-15(12-22)14-7-5-4-6-8-14;/h4-8,15H,3,9-12H2,1-2H3,(H,18,19);1H. The summed E-state index contributed by atoms with van der Waals surface area (Å²) in [7, 11) is 0. The molecule has 1 aromatic carbocycles. The van der Waals surface area contributed by atoms with Crippen molar-refractivity contribution in [3.8, 4) is 0 Å². The highest BCUT2D eigenvalue weighted by atomic mass is 127. The Bertz CT molecular complexity index is 658. The molecule has 1 aromatic heterocycles. The van der Waals surface area contributed by atoms with Crippen LogP contribution in [0.25, 0.3) is 0 Å². The molecule has 1 aliphatic heterocycles. The number of benzene rings is 1. The summed E-state index contributed by atoms with van der Waals surface area (Å²) in [6.45, 7) is 7.14. The van der Waals surface area contributed by atoms with Crippen LogP contribution in [0.2, 0.25) is 0 Å². The molecule has 0 saturated carbocycles. The van der Waals surface area contributed by atoms with Gasteiger partial charge in [0.2, 0.25) is 5.89 Å². The number of aromatic nitrogens is 2. The van der Waals surface area contributed by atoms with Crippen molar-refractivity contribution in [1.29, 1.82) is 0 Å². The van der Waals surface area contributed by atoms with Crippen molar-refractivity contribution in [2.24, 2.45) is 4.99 Å². The topological polar surface area (TPSA) is 66.5 Å². The zero-order valence-corrected chi connectivity index (χ0v) is 16.4. The van der Waals surface area contributed by atoms with Gasteiger partial charge in [-0.05, 0) is 25.8 Å². The molecule has 0 amide bonds. The number of rotatable bonds is 4. The zero-order valence-electron chi connectivity index (χ0n) is 14.1. The van der Waals surface area contributed by atoms with Gasteiger partial charge in [-0.3, -0.25) is 0 Å². The summed E-state index contributed by atoms with van der Waals surface area (Å²) in [5.74, 6) is 2.68. The van der Waals surface area contributed by atoms with Crippen LogP contribution in [0.15, 0.2) is 39.8 Å². The second-order valence-corrected chi connectivity index (χ2v) is 5.75.